The van der Waals surface area contributed by atoms with E-state index in [0.717, 1.165) is 27.0 Å². The molecule has 1 aliphatic rings. The molecule has 1 heterocycles. The van der Waals surface area contributed by atoms with Crippen LogP contribution in [0.3, 0.4) is 0 Å². The van der Waals surface area contributed by atoms with E-state index in [9.17, 15) is 0 Å². The van der Waals surface area contributed by atoms with Gasteiger partial charge in [-0.2, -0.15) is 0 Å². The molecule has 2 aromatic rings. The lowest BCUT2D eigenvalue weighted by Gasteiger charge is -2.12. The van der Waals surface area contributed by atoms with E-state index in [1.54, 1.807) is 0 Å². The lowest BCUT2D eigenvalue weighted by molar-refractivity contribution is 1.31. The molecule has 0 radical (unpaired) electrons. The van der Waals surface area contributed by atoms with Gasteiger partial charge in [0.25, 0.3) is 0 Å². The second-order valence-corrected chi connectivity index (χ2v) is 6.20. The molecule has 3 rings (SSSR count). The van der Waals surface area contributed by atoms with Crippen LogP contribution in [0.15, 0.2) is 51.9 Å². The van der Waals surface area contributed by atoms with Crippen LogP contribution in [-0.2, 0) is 0 Å². The smallest absolute Gasteiger partial charge is 0.102 e. The molecule has 0 amide bonds. The SMILES string of the molecule is S=C1CN=C(c2cccc(Br)c2)c2c(Cl)cccc2N1. The number of aliphatic imine (C=N–C) groups is 1. The third kappa shape index (κ3) is 2.64. The monoisotopic (exact) mass is 364 g/mol. The Morgan fingerprint density at radius 2 is 2.00 bits per heavy atom. The number of nitrogens with zero attached hydrogens (tertiary/aromatic N) is 1. The minimum Gasteiger partial charge on any atom is -0.348 e. The van der Waals surface area contributed by atoms with Crippen LogP contribution in [0.5, 0.6) is 0 Å². The molecule has 100 valence electrons. The van der Waals surface area contributed by atoms with Crippen LogP contribution in [0.25, 0.3) is 0 Å². The summed E-state index contributed by atoms with van der Waals surface area (Å²) in [6.45, 7) is 0.461. The van der Waals surface area contributed by atoms with Crippen LogP contribution < -0.4 is 5.32 Å². The van der Waals surface area contributed by atoms with Crippen LogP contribution in [-0.4, -0.2) is 17.2 Å². The highest BCUT2D eigenvalue weighted by atomic mass is 79.9. The average Bonchev–Trinajstić information content (AvgIpc) is 2.58. The molecular weight excluding hydrogens is 356 g/mol. The lowest BCUT2D eigenvalue weighted by Crippen LogP contribution is -2.11. The van der Waals surface area contributed by atoms with Crippen molar-refractivity contribution in [2.24, 2.45) is 4.99 Å². The van der Waals surface area contributed by atoms with E-state index in [1.807, 2.05) is 42.5 Å². The van der Waals surface area contributed by atoms with Crippen LogP contribution in [0, 0.1) is 0 Å². The van der Waals surface area contributed by atoms with Gasteiger partial charge in [-0.15, -0.1) is 0 Å². The van der Waals surface area contributed by atoms with Crippen molar-refractivity contribution in [2.75, 3.05) is 11.9 Å². The van der Waals surface area contributed by atoms with Crippen molar-refractivity contribution in [1.82, 2.24) is 0 Å². The second kappa shape index (κ2) is 5.64. The van der Waals surface area contributed by atoms with E-state index in [2.05, 4.69) is 26.2 Å². The fourth-order valence-electron chi connectivity index (χ4n) is 2.16. The van der Waals surface area contributed by atoms with E-state index >= 15 is 0 Å². The van der Waals surface area contributed by atoms with Gasteiger partial charge in [0, 0.05) is 21.3 Å². The molecule has 0 unspecified atom stereocenters. The van der Waals surface area contributed by atoms with Crippen molar-refractivity contribution < 1.29 is 0 Å². The van der Waals surface area contributed by atoms with Crippen molar-refractivity contribution in [3.05, 3.63) is 63.1 Å². The van der Waals surface area contributed by atoms with Gasteiger partial charge in [-0.05, 0) is 24.3 Å². The Bertz CT molecular complexity index is 728. The van der Waals surface area contributed by atoms with Crippen LogP contribution in [0.4, 0.5) is 5.69 Å². The summed E-state index contributed by atoms with van der Waals surface area (Å²) in [7, 11) is 0. The first kappa shape index (κ1) is 13.7. The number of hydrogen-bond donors (Lipinski definition) is 1. The molecule has 1 aliphatic heterocycles. The molecule has 0 atom stereocenters. The zero-order valence-corrected chi connectivity index (χ0v) is 13.5. The fourth-order valence-corrected chi connectivity index (χ4v) is 3.00. The molecule has 5 heteroatoms. The summed E-state index contributed by atoms with van der Waals surface area (Å²) < 4.78 is 1.01. The Labute approximate surface area is 136 Å². The molecule has 0 fully saturated rings. The van der Waals surface area contributed by atoms with Gasteiger partial charge >= 0.3 is 0 Å². The van der Waals surface area contributed by atoms with Crippen LogP contribution in [0.1, 0.15) is 11.1 Å². The zero-order valence-electron chi connectivity index (χ0n) is 10.4. The standard InChI is InChI=1S/C15H10BrClN2S/c16-10-4-1-3-9(7-10)15-14-11(17)5-2-6-12(14)19-13(20)8-18-15/h1-7H,8H2,(H,19,20). The first-order valence-corrected chi connectivity index (χ1v) is 7.62. The lowest BCUT2D eigenvalue weighted by atomic mass is 10.0. The molecule has 2 aromatic carbocycles. The molecule has 0 bridgehead atoms. The average molecular weight is 366 g/mol. The summed E-state index contributed by atoms with van der Waals surface area (Å²) in [4.78, 5) is 5.32. The maximum atomic E-state index is 6.37. The summed E-state index contributed by atoms with van der Waals surface area (Å²) in [6, 6.07) is 13.7. The summed E-state index contributed by atoms with van der Waals surface area (Å²) in [6.07, 6.45) is 0. The van der Waals surface area contributed by atoms with Gasteiger partial charge in [0.1, 0.15) is 4.99 Å². The van der Waals surface area contributed by atoms with Crippen molar-refractivity contribution in [3.63, 3.8) is 0 Å². The first-order chi connectivity index (χ1) is 9.65. The number of thiocarbonyl (C=S) groups is 1. The number of fused-ring (bicyclic) bond motifs is 1. The van der Waals surface area contributed by atoms with Crippen LogP contribution in [0.2, 0.25) is 5.02 Å². The third-order valence-corrected chi connectivity index (χ3v) is 4.04. The van der Waals surface area contributed by atoms with Gasteiger partial charge in [-0.3, -0.25) is 4.99 Å². The first-order valence-electron chi connectivity index (χ1n) is 6.04. The minimum absolute atomic E-state index is 0.461. The number of nitrogens with one attached hydrogen (secondary N) is 1. The molecule has 0 saturated carbocycles. The van der Waals surface area contributed by atoms with Crippen molar-refractivity contribution in [1.29, 1.82) is 0 Å². The summed E-state index contributed by atoms with van der Waals surface area (Å²) in [5, 5.41) is 3.86. The van der Waals surface area contributed by atoms with Crippen molar-refractivity contribution in [3.8, 4) is 0 Å². The molecular formula is C15H10BrClN2S. The second-order valence-electron chi connectivity index (χ2n) is 4.39. The highest BCUT2D eigenvalue weighted by molar-refractivity contribution is 9.10. The third-order valence-electron chi connectivity index (χ3n) is 3.00. The molecule has 1 N–H and O–H groups in total. The molecule has 0 spiro atoms. The number of rotatable bonds is 1. The van der Waals surface area contributed by atoms with Crippen molar-refractivity contribution in [2.45, 2.75) is 0 Å². The highest BCUT2D eigenvalue weighted by Crippen LogP contribution is 2.30. The molecule has 0 aliphatic carbocycles. The van der Waals surface area contributed by atoms with Gasteiger partial charge in [-0.25, -0.2) is 0 Å². The van der Waals surface area contributed by atoms with E-state index in [1.165, 1.54) is 0 Å². The predicted octanol–water partition coefficient (Wildman–Crippen LogP) is 4.69. The number of halogens is 2. The van der Waals surface area contributed by atoms with Gasteiger partial charge < -0.3 is 5.32 Å². The fraction of sp³-hybridized carbons (Fsp3) is 0.0667. The Hall–Kier alpha value is -1.23. The molecule has 0 saturated heterocycles. The van der Waals surface area contributed by atoms with E-state index < -0.39 is 0 Å². The largest absolute Gasteiger partial charge is 0.348 e. The Morgan fingerprint density at radius 3 is 2.80 bits per heavy atom. The van der Waals surface area contributed by atoms with Gasteiger partial charge in [0.15, 0.2) is 0 Å². The minimum atomic E-state index is 0.461. The van der Waals surface area contributed by atoms with E-state index in [0.29, 0.717) is 16.6 Å². The normalized spacial score (nSPS) is 14.1. The van der Waals surface area contributed by atoms with E-state index in [4.69, 9.17) is 23.8 Å². The summed E-state index contributed by atoms with van der Waals surface area (Å²) in [5.41, 5.74) is 3.67. The zero-order chi connectivity index (χ0) is 14.1. The number of benzene rings is 2. The molecule has 0 aromatic heterocycles. The Kier molecular flexibility index (Phi) is 3.87. The van der Waals surface area contributed by atoms with Gasteiger partial charge in [-0.1, -0.05) is 57.9 Å². The summed E-state index contributed by atoms with van der Waals surface area (Å²) in [5.74, 6) is 0. The molecule has 20 heavy (non-hydrogen) atoms. The highest BCUT2D eigenvalue weighted by Gasteiger charge is 2.19. The Morgan fingerprint density at radius 1 is 1.20 bits per heavy atom. The predicted molar refractivity (Wildman–Crippen MR) is 92.3 cm³/mol. The quantitative estimate of drug-likeness (QED) is 0.741. The van der Waals surface area contributed by atoms with Crippen LogP contribution >= 0.6 is 39.7 Å². The summed E-state index contributed by atoms with van der Waals surface area (Å²) >= 11 is 15.1. The number of anilines is 1. The Balaban J connectivity index is 2.23. The van der Waals surface area contributed by atoms with Crippen molar-refractivity contribution >= 4 is 56.1 Å². The molecule has 2 nitrogen and oxygen atoms in total. The number of hydrogen-bond acceptors (Lipinski definition) is 2. The maximum Gasteiger partial charge on any atom is 0.102 e. The number of benzodiazepines with no additional fused rings is 1. The van der Waals surface area contributed by atoms with Gasteiger partial charge in [0.05, 0.1) is 17.3 Å². The van der Waals surface area contributed by atoms with Gasteiger partial charge in [0.2, 0.25) is 0 Å². The maximum absolute atomic E-state index is 6.37. The van der Waals surface area contributed by atoms with E-state index in [-0.39, 0.29) is 0 Å². The topological polar surface area (TPSA) is 24.4 Å².